The molecule has 10 heavy (non-hydrogen) atoms. The van der Waals surface area contributed by atoms with Crippen LogP contribution in [-0.4, -0.2) is 0 Å². The van der Waals surface area contributed by atoms with Crippen LogP contribution in [0.2, 0.25) is 0 Å². The molecule has 54 valence electrons. The molecule has 4 heteroatoms. The van der Waals surface area contributed by atoms with E-state index in [1.807, 2.05) is 0 Å². The zero-order chi connectivity index (χ0) is 7.56. The zero-order valence-corrected chi connectivity index (χ0v) is 5.26. The molecule has 0 saturated heterocycles. The first-order valence-electron chi connectivity index (χ1n) is 2.76. The van der Waals surface area contributed by atoms with E-state index >= 15 is 0 Å². The Labute approximate surface area is 57.8 Å². The van der Waals surface area contributed by atoms with Crippen LogP contribution in [0.15, 0.2) is 18.2 Å². The van der Waals surface area contributed by atoms with E-state index in [0.29, 0.717) is 5.69 Å². The van der Waals surface area contributed by atoms with Gasteiger partial charge in [-0.1, -0.05) is 6.07 Å². The minimum Gasteiger partial charge on any atom is -0.397 e. The van der Waals surface area contributed by atoms with E-state index in [4.69, 9.17) is 11.6 Å². The van der Waals surface area contributed by atoms with Gasteiger partial charge in [0.1, 0.15) is 11.5 Å². The summed E-state index contributed by atoms with van der Waals surface area (Å²) >= 11 is 0. The van der Waals surface area contributed by atoms with Gasteiger partial charge >= 0.3 is 0 Å². The summed E-state index contributed by atoms with van der Waals surface area (Å²) in [5.41, 5.74) is 7.96. The minimum absolute atomic E-state index is 0.141. The number of nitrogens with one attached hydrogen (secondary N) is 1. The van der Waals surface area contributed by atoms with Gasteiger partial charge in [-0.05, 0) is 12.1 Å². The normalized spacial score (nSPS) is 9.40. The highest BCUT2D eigenvalue weighted by Gasteiger charge is 2.01. The van der Waals surface area contributed by atoms with E-state index in [-0.39, 0.29) is 5.69 Å². The standard InChI is InChI=1S/C6H8FN3/c7-4-2-1-3-5(8)6(4)10-9/h1-3,10H,8-9H2. The van der Waals surface area contributed by atoms with Crippen LogP contribution >= 0.6 is 0 Å². The lowest BCUT2D eigenvalue weighted by Gasteiger charge is -2.03. The summed E-state index contributed by atoms with van der Waals surface area (Å²) in [4.78, 5) is 0. The van der Waals surface area contributed by atoms with Crippen LogP contribution in [0.4, 0.5) is 15.8 Å². The van der Waals surface area contributed by atoms with Crippen molar-refractivity contribution in [1.29, 1.82) is 0 Å². The third-order valence-corrected chi connectivity index (χ3v) is 1.19. The van der Waals surface area contributed by atoms with E-state index in [9.17, 15) is 4.39 Å². The third-order valence-electron chi connectivity index (χ3n) is 1.19. The maximum Gasteiger partial charge on any atom is 0.149 e. The van der Waals surface area contributed by atoms with Gasteiger partial charge < -0.3 is 11.2 Å². The number of hydrazine groups is 1. The first-order valence-corrected chi connectivity index (χ1v) is 2.76. The molecule has 0 fully saturated rings. The summed E-state index contributed by atoms with van der Waals surface area (Å²) in [5, 5.41) is 0. The molecule has 5 N–H and O–H groups in total. The van der Waals surface area contributed by atoms with Gasteiger partial charge in [0.15, 0.2) is 0 Å². The molecule has 1 rings (SSSR count). The molecule has 1 aromatic carbocycles. The van der Waals surface area contributed by atoms with E-state index in [0.717, 1.165) is 0 Å². The van der Waals surface area contributed by atoms with Crippen LogP contribution in [0, 0.1) is 5.82 Å². The Hall–Kier alpha value is -1.29. The summed E-state index contributed by atoms with van der Waals surface area (Å²) in [6.07, 6.45) is 0. The monoisotopic (exact) mass is 141 g/mol. The summed E-state index contributed by atoms with van der Waals surface area (Å²) in [7, 11) is 0. The number of hydrogen-bond acceptors (Lipinski definition) is 3. The molecular weight excluding hydrogens is 133 g/mol. The molecule has 0 aliphatic rings. The van der Waals surface area contributed by atoms with Crippen LogP contribution in [0.5, 0.6) is 0 Å². The fourth-order valence-corrected chi connectivity index (χ4v) is 0.693. The molecule has 0 heterocycles. The highest BCUT2D eigenvalue weighted by molar-refractivity contribution is 5.65. The molecular formula is C6H8FN3. The Morgan fingerprint density at radius 3 is 2.50 bits per heavy atom. The number of benzene rings is 1. The van der Waals surface area contributed by atoms with Crippen LogP contribution in [0.3, 0.4) is 0 Å². The first-order chi connectivity index (χ1) is 4.75. The van der Waals surface area contributed by atoms with Gasteiger partial charge in [0.25, 0.3) is 0 Å². The SMILES string of the molecule is NNc1c(N)cccc1F. The van der Waals surface area contributed by atoms with Crippen molar-refractivity contribution in [3.05, 3.63) is 24.0 Å². The maximum absolute atomic E-state index is 12.6. The smallest absolute Gasteiger partial charge is 0.149 e. The molecule has 0 radical (unpaired) electrons. The first kappa shape index (κ1) is 6.82. The maximum atomic E-state index is 12.6. The lowest BCUT2D eigenvalue weighted by atomic mass is 10.3. The number of halogens is 1. The molecule has 0 bridgehead atoms. The van der Waals surface area contributed by atoms with E-state index in [2.05, 4.69) is 5.43 Å². The molecule has 0 spiro atoms. The van der Waals surface area contributed by atoms with Crippen molar-refractivity contribution in [2.45, 2.75) is 0 Å². The van der Waals surface area contributed by atoms with E-state index in [1.54, 1.807) is 6.07 Å². The average Bonchev–Trinajstić information content (AvgIpc) is 1.88. The highest BCUT2D eigenvalue weighted by Crippen LogP contribution is 2.19. The predicted molar refractivity (Wildman–Crippen MR) is 38.6 cm³/mol. The summed E-state index contributed by atoms with van der Waals surface area (Å²) < 4.78 is 12.6. The van der Waals surface area contributed by atoms with Gasteiger partial charge in [-0.15, -0.1) is 0 Å². The van der Waals surface area contributed by atoms with Crippen molar-refractivity contribution >= 4 is 11.4 Å². The third kappa shape index (κ3) is 1.01. The van der Waals surface area contributed by atoms with Crippen molar-refractivity contribution in [1.82, 2.24) is 0 Å². The van der Waals surface area contributed by atoms with Crippen molar-refractivity contribution < 1.29 is 4.39 Å². The fourth-order valence-electron chi connectivity index (χ4n) is 0.693. The molecule has 0 unspecified atom stereocenters. The summed E-state index contributed by atoms with van der Waals surface area (Å²) in [6, 6.07) is 4.37. The molecule has 3 nitrogen and oxygen atoms in total. The van der Waals surface area contributed by atoms with Gasteiger partial charge in [-0.25, -0.2) is 4.39 Å². The van der Waals surface area contributed by atoms with Crippen molar-refractivity contribution in [2.75, 3.05) is 11.2 Å². The largest absolute Gasteiger partial charge is 0.397 e. The second kappa shape index (κ2) is 2.53. The van der Waals surface area contributed by atoms with Crippen molar-refractivity contribution in [3.8, 4) is 0 Å². The van der Waals surface area contributed by atoms with E-state index in [1.165, 1.54) is 12.1 Å². The van der Waals surface area contributed by atoms with Crippen LogP contribution in [0.1, 0.15) is 0 Å². The van der Waals surface area contributed by atoms with Gasteiger partial charge in [-0.2, -0.15) is 0 Å². The lowest BCUT2D eigenvalue weighted by molar-refractivity contribution is 0.631. The average molecular weight is 141 g/mol. The molecule has 0 aromatic heterocycles. The number of rotatable bonds is 1. The Morgan fingerprint density at radius 2 is 2.10 bits per heavy atom. The van der Waals surface area contributed by atoms with Gasteiger partial charge in [0, 0.05) is 0 Å². The molecule has 0 aliphatic heterocycles. The number of nitrogen functional groups attached to an aromatic ring is 2. The Balaban J connectivity index is 3.17. The Kier molecular flexibility index (Phi) is 1.73. The molecule has 0 aliphatic carbocycles. The molecule has 1 aromatic rings. The molecule has 0 saturated carbocycles. The minimum atomic E-state index is -0.442. The lowest BCUT2D eigenvalue weighted by Crippen LogP contribution is -2.10. The van der Waals surface area contributed by atoms with Gasteiger partial charge in [0.2, 0.25) is 0 Å². The Bertz CT molecular complexity index is 216. The second-order valence-corrected chi connectivity index (χ2v) is 1.85. The van der Waals surface area contributed by atoms with Crippen molar-refractivity contribution in [3.63, 3.8) is 0 Å². The van der Waals surface area contributed by atoms with Crippen LogP contribution in [-0.2, 0) is 0 Å². The van der Waals surface area contributed by atoms with Crippen LogP contribution < -0.4 is 17.0 Å². The number of para-hydroxylation sites is 1. The predicted octanol–water partition coefficient (Wildman–Crippen LogP) is 0.694. The van der Waals surface area contributed by atoms with E-state index < -0.39 is 5.82 Å². The number of hydrogen-bond donors (Lipinski definition) is 3. The topological polar surface area (TPSA) is 64.1 Å². The van der Waals surface area contributed by atoms with Gasteiger partial charge in [-0.3, -0.25) is 5.84 Å². The Morgan fingerprint density at radius 1 is 1.40 bits per heavy atom. The summed E-state index contributed by atoms with van der Waals surface area (Å²) in [6.45, 7) is 0. The highest BCUT2D eigenvalue weighted by atomic mass is 19.1. The van der Waals surface area contributed by atoms with Gasteiger partial charge in [0.05, 0.1) is 5.69 Å². The molecule has 0 amide bonds. The quantitative estimate of drug-likeness (QED) is 0.306. The number of anilines is 2. The van der Waals surface area contributed by atoms with Crippen LogP contribution in [0.25, 0.3) is 0 Å². The zero-order valence-electron chi connectivity index (χ0n) is 5.26. The fraction of sp³-hybridized carbons (Fsp3) is 0. The second-order valence-electron chi connectivity index (χ2n) is 1.85. The van der Waals surface area contributed by atoms with Crippen molar-refractivity contribution in [2.24, 2.45) is 5.84 Å². The molecule has 0 atom stereocenters. The summed E-state index contributed by atoms with van der Waals surface area (Å²) in [5.74, 6) is 4.54. The number of nitrogens with two attached hydrogens (primary N) is 2.